The predicted molar refractivity (Wildman–Crippen MR) is 228 cm³/mol. The molecule has 0 aliphatic heterocycles. The summed E-state index contributed by atoms with van der Waals surface area (Å²) >= 11 is 3.60. The van der Waals surface area contributed by atoms with E-state index < -0.39 is 0 Å². The Labute approximate surface area is 311 Å². The summed E-state index contributed by atoms with van der Waals surface area (Å²) in [5.41, 5.74) is 9.01. The van der Waals surface area contributed by atoms with Crippen LogP contribution in [0, 0.1) is 0 Å². The van der Waals surface area contributed by atoms with Crippen LogP contribution in [0.3, 0.4) is 0 Å². The first-order valence-electron chi connectivity index (χ1n) is 17.8. The third kappa shape index (κ3) is 4.20. The summed E-state index contributed by atoms with van der Waals surface area (Å²) in [5.74, 6) is 0. The number of hydrogen-bond donors (Lipinski definition) is 0. The third-order valence-electron chi connectivity index (χ3n) is 10.9. The van der Waals surface area contributed by atoms with Crippen LogP contribution in [0.5, 0.6) is 0 Å². The molecular formula is C48H27N3S2. The van der Waals surface area contributed by atoms with Gasteiger partial charge in [-0.05, 0) is 75.8 Å². The minimum atomic E-state index is 0.906. The monoisotopic (exact) mass is 709 g/mol. The Morgan fingerprint density at radius 1 is 0.453 bits per heavy atom. The van der Waals surface area contributed by atoms with Gasteiger partial charge in [-0.1, -0.05) is 109 Å². The normalized spacial score (nSPS) is 12.2. The van der Waals surface area contributed by atoms with E-state index >= 15 is 0 Å². The summed E-state index contributed by atoms with van der Waals surface area (Å²) in [6.45, 7) is 0. The highest BCUT2D eigenvalue weighted by atomic mass is 32.1. The van der Waals surface area contributed by atoms with Gasteiger partial charge in [0.15, 0.2) is 0 Å². The van der Waals surface area contributed by atoms with Crippen LogP contribution in [0.25, 0.3) is 112 Å². The van der Waals surface area contributed by atoms with E-state index in [0.29, 0.717) is 0 Å². The van der Waals surface area contributed by atoms with Crippen LogP contribution in [-0.4, -0.2) is 14.5 Å². The molecule has 0 N–H and O–H groups in total. The van der Waals surface area contributed by atoms with Crippen LogP contribution in [0.2, 0.25) is 0 Å². The van der Waals surface area contributed by atoms with E-state index in [2.05, 4.69) is 162 Å². The maximum Gasteiger partial charge on any atom is 0.143 e. The molecule has 0 spiro atoms. The number of para-hydroxylation sites is 2. The Balaban J connectivity index is 1.04. The Hall–Kier alpha value is -6.40. The molecule has 0 saturated carbocycles. The van der Waals surface area contributed by atoms with E-state index in [1.54, 1.807) is 11.3 Å². The smallest absolute Gasteiger partial charge is 0.143 e. The first kappa shape index (κ1) is 29.2. The average Bonchev–Trinajstić information content (AvgIpc) is 3.90. The van der Waals surface area contributed by atoms with Gasteiger partial charge >= 0.3 is 0 Å². The van der Waals surface area contributed by atoms with Gasteiger partial charge < -0.3 is 4.57 Å². The molecule has 0 aliphatic rings. The fourth-order valence-electron chi connectivity index (χ4n) is 8.52. The fraction of sp³-hybridized carbons (Fsp3) is 0. The lowest BCUT2D eigenvalue weighted by Crippen LogP contribution is -1.92. The number of fused-ring (bicyclic) bond motifs is 14. The van der Waals surface area contributed by atoms with Gasteiger partial charge in [0.25, 0.3) is 0 Å². The van der Waals surface area contributed by atoms with Crippen LogP contribution in [0.15, 0.2) is 164 Å². The minimum absolute atomic E-state index is 0.906. The van der Waals surface area contributed by atoms with Gasteiger partial charge in [-0.25, -0.2) is 4.98 Å². The van der Waals surface area contributed by atoms with Crippen molar-refractivity contribution in [3.8, 4) is 28.1 Å². The van der Waals surface area contributed by atoms with Crippen LogP contribution < -0.4 is 0 Å². The van der Waals surface area contributed by atoms with Gasteiger partial charge in [0, 0.05) is 57.7 Å². The Bertz CT molecular complexity index is 3460. The maximum atomic E-state index is 5.36. The molecule has 4 aromatic heterocycles. The number of hydrogen-bond acceptors (Lipinski definition) is 4. The molecule has 0 unspecified atom stereocenters. The molecule has 8 aromatic carbocycles. The van der Waals surface area contributed by atoms with Gasteiger partial charge in [-0.15, -0.1) is 22.7 Å². The molecule has 0 fully saturated rings. The molecule has 0 saturated heterocycles. The minimum Gasteiger partial charge on any atom is -0.309 e. The number of benzene rings is 8. The van der Waals surface area contributed by atoms with Gasteiger partial charge in [0.2, 0.25) is 0 Å². The van der Waals surface area contributed by atoms with E-state index in [0.717, 1.165) is 21.6 Å². The van der Waals surface area contributed by atoms with Gasteiger partial charge in [-0.3, -0.25) is 4.98 Å². The lowest BCUT2D eigenvalue weighted by molar-refractivity contribution is 1.18. The zero-order valence-corrected chi connectivity index (χ0v) is 29.9. The van der Waals surface area contributed by atoms with Crippen molar-refractivity contribution in [3.05, 3.63) is 164 Å². The molecule has 0 amide bonds. The van der Waals surface area contributed by atoms with Gasteiger partial charge in [-0.2, -0.15) is 0 Å². The molecule has 12 rings (SSSR count). The first-order chi connectivity index (χ1) is 26.3. The predicted octanol–water partition coefficient (Wildman–Crippen LogP) is 13.9. The quantitative estimate of drug-likeness (QED) is 0.171. The van der Waals surface area contributed by atoms with E-state index in [1.807, 2.05) is 17.5 Å². The summed E-state index contributed by atoms with van der Waals surface area (Å²) < 4.78 is 6.15. The largest absolute Gasteiger partial charge is 0.309 e. The maximum absolute atomic E-state index is 5.36. The standard InChI is InChI=1S/C48H27N3S2/c1-2-11-30(12-3-1)51-40-19-9-8-15-33(40)37-25-28(21-23-41(37)51)29-22-24-42-38(26-29)44-36(18-10-20-43(44)52-42)39-27-49-46-45-34-16-6-4-13-31(34)32-14-5-7-17-35(32)47(45)53-48(46)50-39/h1-27H. The number of rotatable bonds is 3. The van der Waals surface area contributed by atoms with Crippen LogP contribution in [0.1, 0.15) is 0 Å². The highest BCUT2D eigenvalue weighted by Gasteiger charge is 2.19. The number of aromatic nitrogens is 3. The SMILES string of the molecule is c1ccc(-n2c3ccccc3c3cc(-c4ccc5sc6cccc(-c7cnc8c(n7)sc7c9ccccc9c9ccccc9c87)c6c5c4)ccc32)cc1. The first-order valence-corrected chi connectivity index (χ1v) is 19.5. The molecule has 5 heteroatoms. The van der Waals surface area contributed by atoms with Crippen molar-refractivity contribution < 1.29 is 0 Å². The molecule has 0 atom stereocenters. The summed E-state index contributed by atoms with van der Waals surface area (Å²) in [7, 11) is 0. The van der Waals surface area contributed by atoms with Crippen molar-refractivity contribution in [2.24, 2.45) is 0 Å². The van der Waals surface area contributed by atoms with E-state index in [9.17, 15) is 0 Å². The Morgan fingerprint density at radius 2 is 1.13 bits per heavy atom. The second kappa shape index (κ2) is 11.1. The fourth-order valence-corrected chi connectivity index (χ4v) is 10.8. The molecule has 0 radical (unpaired) electrons. The average molecular weight is 710 g/mol. The summed E-state index contributed by atoms with van der Waals surface area (Å²) in [6, 6.07) is 57.2. The summed E-state index contributed by atoms with van der Waals surface area (Å²) in [4.78, 5) is 11.5. The van der Waals surface area contributed by atoms with Crippen molar-refractivity contribution in [1.82, 2.24) is 14.5 Å². The Morgan fingerprint density at radius 3 is 1.98 bits per heavy atom. The van der Waals surface area contributed by atoms with Crippen molar-refractivity contribution in [2.75, 3.05) is 0 Å². The summed E-state index contributed by atoms with van der Waals surface area (Å²) in [6.07, 6.45) is 1.98. The number of nitrogens with zero attached hydrogens (tertiary/aromatic N) is 3. The lowest BCUT2D eigenvalue weighted by atomic mass is 9.98. The molecule has 0 bridgehead atoms. The molecule has 12 aromatic rings. The summed E-state index contributed by atoms with van der Waals surface area (Å²) in [5, 5.41) is 11.2. The molecule has 3 nitrogen and oxygen atoms in total. The highest BCUT2D eigenvalue weighted by molar-refractivity contribution is 7.26. The Kier molecular flexibility index (Phi) is 6.09. The van der Waals surface area contributed by atoms with Crippen molar-refractivity contribution in [3.63, 3.8) is 0 Å². The molecule has 246 valence electrons. The second-order valence-electron chi connectivity index (χ2n) is 13.7. The van der Waals surface area contributed by atoms with Gasteiger partial charge in [0.1, 0.15) is 10.3 Å². The molecular weight excluding hydrogens is 683 g/mol. The van der Waals surface area contributed by atoms with Crippen molar-refractivity contribution in [2.45, 2.75) is 0 Å². The lowest BCUT2D eigenvalue weighted by Gasteiger charge is -2.08. The highest BCUT2D eigenvalue weighted by Crippen LogP contribution is 2.45. The van der Waals surface area contributed by atoms with Crippen molar-refractivity contribution >= 4 is 107 Å². The van der Waals surface area contributed by atoms with Crippen molar-refractivity contribution in [1.29, 1.82) is 0 Å². The molecule has 53 heavy (non-hydrogen) atoms. The zero-order chi connectivity index (χ0) is 34.6. The van der Waals surface area contributed by atoms with Crippen LogP contribution in [0.4, 0.5) is 0 Å². The van der Waals surface area contributed by atoms with E-state index in [-0.39, 0.29) is 0 Å². The zero-order valence-electron chi connectivity index (χ0n) is 28.2. The second-order valence-corrected chi connectivity index (χ2v) is 15.8. The van der Waals surface area contributed by atoms with Crippen LogP contribution in [-0.2, 0) is 0 Å². The molecule has 0 aliphatic carbocycles. The van der Waals surface area contributed by atoms with E-state index in [1.165, 1.54) is 90.4 Å². The topological polar surface area (TPSA) is 30.7 Å². The third-order valence-corrected chi connectivity index (χ3v) is 13.1. The molecule has 4 heterocycles. The van der Waals surface area contributed by atoms with E-state index in [4.69, 9.17) is 9.97 Å². The van der Waals surface area contributed by atoms with Crippen LogP contribution >= 0.6 is 22.7 Å². The number of thiophene rings is 2. The van der Waals surface area contributed by atoms with Gasteiger partial charge in [0.05, 0.1) is 22.9 Å².